The molecule has 0 heterocycles. The largest absolute Gasteiger partial charge is 0.393 e. The highest BCUT2D eigenvalue weighted by molar-refractivity contribution is 5.39. The van der Waals surface area contributed by atoms with E-state index in [1.807, 2.05) is 0 Å². The first-order valence-electron chi connectivity index (χ1n) is 8.83. The zero-order valence-corrected chi connectivity index (χ0v) is 13.1. The molecule has 21 heavy (non-hydrogen) atoms. The van der Waals surface area contributed by atoms with E-state index in [9.17, 15) is 10.2 Å². The molecular weight excluding hydrogens is 260 g/mol. The predicted molar refractivity (Wildman–Crippen MR) is 83.8 cm³/mol. The van der Waals surface area contributed by atoms with Crippen molar-refractivity contribution in [2.24, 2.45) is 17.3 Å². The van der Waals surface area contributed by atoms with E-state index >= 15 is 0 Å². The van der Waals surface area contributed by atoms with E-state index in [0.717, 1.165) is 38.5 Å². The first-order valence-corrected chi connectivity index (χ1v) is 8.83. The number of aliphatic hydroxyl groups excluding tert-OH is 1. The van der Waals surface area contributed by atoms with Gasteiger partial charge in [-0.1, -0.05) is 31.1 Å². The second kappa shape index (κ2) is 4.70. The fourth-order valence-corrected chi connectivity index (χ4v) is 5.74. The lowest BCUT2D eigenvalue weighted by Gasteiger charge is -2.47. The van der Waals surface area contributed by atoms with E-state index in [-0.39, 0.29) is 6.10 Å². The average Bonchev–Trinajstić information content (AvgIpc) is 2.78. The van der Waals surface area contributed by atoms with Crippen molar-refractivity contribution in [1.29, 1.82) is 0 Å². The molecule has 2 saturated carbocycles. The summed E-state index contributed by atoms with van der Waals surface area (Å²) in [7, 11) is 0. The van der Waals surface area contributed by atoms with E-state index < -0.39 is 5.60 Å². The Kier molecular flexibility index (Phi) is 3.14. The maximum Gasteiger partial charge on any atom is 0.0927 e. The Hall–Kier alpha value is -0.600. The van der Waals surface area contributed by atoms with E-state index in [4.69, 9.17) is 0 Å². The van der Waals surface area contributed by atoms with Gasteiger partial charge in [-0.3, -0.25) is 0 Å². The van der Waals surface area contributed by atoms with Crippen LogP contribution in [0, 0.1) is 17.3 Å². The van der Waals surface area contributed by atoms with Crippen LogP contribution in [0.15, 0.2) is 23.3 Å². The van der Waals surface area contributed by atoms with Crippen molar-refractivity contribution in [3.05, 3.63) is 23.3 Å². The van der Waals surface area contributed by atoms with Gasteiger partial charge in [0.1, 0.15) is 0 Å². The van der Waals surface area contributed by atoms with Gasteiger partial charge in [-0.15, -0.1) is 0 Å². The minimum Gasteiger partial charge on any atom is -0.393 e. The molecule has 0 radical (unpaired) electrons. The topological polar surface area (TPSA) is 40.5 Å². The normalized spacial score (nSPS) is 49.4. The van der Waals surface area contributed by atoms with E-state index in [2.05, 4.69) is 19.1 Å². The van der Waals surface area contributed by atoms with Crippen LogP contribution in [0.3, 0.4) is 0 Å². The molecule has 2 heteroatoms. The van der Waals surface area contributed by atoms with Gasteiger partial charge in [-0.2, -0.15) is 0 Å². The minimum absolute atomic E-state index is 0.167. The van der Waals surface area contributed by atoms with Crippen LogP contribution >= 0.6 is 0 Å². The lowest BCUT2D eigenvalue weighted by molar-refractivity contribution is -0.0434. The van der Waals surface area contributed by atoms with Gasteiger partial charge in [0, 0.05) is 0 Å². The molecule has 0 amide bonds. The standard InChI is InChI=1S/C19H28O2/c1-18-8-2-3-17(18)19(21)10-6-13-4-5-16(20)12-14(13)11-15(19)7-9-18/h7,11,13,16-17,20-21H,2-6,8-10,12H2,1H3/t13?,16?,17?,18?,19-/m1/s1. The number of fused-ring (bicyclic) bond motifs is 4. The van der Waals surface area contributed by atoms with Crippen LogP contribution in [0.2, 0.25) is 0 Å². The van der Waals surface area contributed by atoms with Crippen LogP contribution in [-0.2, 0) is 0 Å². The second-order valence-electron chi connectivity index (χ2n) is 8.28. The summed E-state index contributed by atoms with van der Waals surface area (Å²) in [5.41, 5.74) is 2.29. The van der Waals surface area contributed by atoms with Crippen molar-refractivity contribution >= 4 is 0 Å². The fraction of sp³-hybridized carbons (Fsp3) is 0.789. The molecule has 0 aromatic carbocycles. The number of hydrogen-bond acceptors (Lipinski definition) is 2. The number of allylic oxidation sites excluding steroid dienone is 1. The summed E-state index contributed by atoms with van der Waals surface area (Å²) in [6.45, 7) is 2.38. The van der Waals surface area contributed by atoms with Gasteiger partial charge in [0.25, 0.3) is 0 Å². The molecule has 0 saturated heterocycles. The van der Waals surface area contributed by atoms with Gasteiger partial charge in [-0.25, -0.2) is 0 Å². The molecular formula is C19H28O2. The van der Waals surface area contributed by atoms with Crippen molar-refractivity contribution in [2.75, 3.05) is 0 Å². The maximum atomic E-state index is 11.5. The van der Waals surface area contributed by atoms with Crippen LogP contribution in [0.25, 0.3) is 0 Å². The van der Waals surface area contributed by atoms with Crippen molar-refractivity contribution in [1.82, 2.24) is 0 Å². The molecule has 0 aromatic rings. The summed E-state index contributed by atoms with van der Waals surface area (Å²) >= 11 is 0. The third kappa shape index (κ3) is 2.06. The molecule has 0 bridgehead atoms. The zero-order valence-electron chi connectivity index (χ0n) is 13.1. The predicted octanol–water partition coefficient (Wildman–Crippen LogP) is 3.74. The van der Waals surface area contributed by atoms with Gasteiger partial charge in [0.15, 0.2) is 0 Å². The van der Waals surface area contributed by atoms with Crippen LogP contribution in [0.5, 0.6) is 0 Å². The Balaban J connectivity index is 1.73. The minimum atomic E-state index is -0.598. The summed E-state index contributed by atoms with van der Waals surface area (Å²) in [5, 5.41) is 21.5. The Bertz CT molecular complexity index is 506. The molecule has 0 aromatic heterocycles. The zero-order chi connectivity index (χ0) is 14.7. The molecule has 5 atom stereocenters. The van der Waals surface area contributed by atoms with E-state index in [0.29, 0.717) is 17.3 Å². The van der Waals surface area contributed by atoms with Crippen LogP contribution in [0.1, 0.15) is 64.7 Å². The molecule has 4 aliphatic rings. The summed E-state index contributed by atoms with van der Waals surface area (Å²) in [4.78, 5) is 0. The third-order valence-corrected chi connectivity index (χ3v) is 7.01. The van der Waals surface area contributed by atoms with E-state index in [1.54, 1.807) is 0 Å². The van der Waals surface area contributed by atoms with Crippen LogP contribution in [0.4, 0.5) is 0 Å². The molecule has 2 N–H and O–H groups in total. The second-order valence-corrected chi connectivity index (χ2v) is 8.28. The smallest absolute Gasteiger partial charge is 0.0927 e. The molecule has 0 spiro atoms. The summed E-state index contributed by atoms with van der Waals surface area (Å²) < 4.78 is 0. The Labute approximate surface area is 127 Å². The molecule has 0 aliphatic heterocycles. The quantitative estimate of drug-likeness (QED) is 0.713. The van der Waals surface area contributed by atoms with Crippen molar-refractivity contribution in [2.45, 2.75) is 76.4 Å². The average molecular weight is 288 g/mol. The third-order valence-electron chi connectivity index (χ3n) is 7.01. The van der Waals surface area contributed by atoms with Gasteiger partial charge in [0.2, 0.25) is 0 Å². The number of hydrogen-bond donors (Lipinski definition) is 2. The monoisotopic (exact) mass is 288 g/mol. The molecule has 2 fully saturated rings. The molecule has 116 valence electrons. The van der Waals surface area contributed by atoms with E-state index in [1.165, 1.54) is 30.4 Å². The Morgan fingerprint density at radius 2 is 2.00 bits per heavy atom. The fourth-order valence-electron chi connectivity index (χ4n) is 5.74. The highest BCUT2D eigenvalue weighted by atomic mass is 16.3. The van der Waals surface area contributed by atoms with Crippen molar-refractivity contribution < 1.29 is 10.2 Å². The highest BCUT2D eigenvalue weighted by Gasteiger charge is 2.54. The lowest BCUT2D eigenvalue weighted by Crippen LogP contribution is -2.47. The Morgan fingerprint density at radius 1 is 1.14 bits per heavy atom. The van der Waals surface area contributed by atoms with Gasteiger partial charge >= 0.3 is 0 Å². The summed E-state index contributed by atoms with van der Waals surface area (Å²) in [6, 6.07) is 0. The molecule has 4 rings (SSSR count). The first-order chi connectivity index (χ1) is 10.0. The van der Waals surface area contributed by atoms with Gasteiger partial charge in [-0.05, 0) is 74.2 Å². The van der Waals surface area contributed by atoms with Gasteiger partial charge in [0.05, 0.1) is 11.7 Å². The van der Waals surface area contributed by atoms with Gasteiger partial charge < -0.3 is 10.2 Å². The summed E-state index contributed by atoms with van der Waals surface area (Å²) in [6.07, 6.45) is 14.1. The molecule has 4 unspecified atom stereocenters. The first kappa shape index (κ1) is 14.0. The number of rotatable bonds is 0. The van der Waals surface area contributed by atoms with Crippen LogP contribution < -0.4 is 0 Å². The van der Waals surface area contributed by atoms with Crippen molar-refractivity contribution in [3.63, 3.8) is 0 Å². The lowest BCUT2D eigenvalue weighted by atomic mass is 9.61. The van der Waals surface area contributed by atoms with Crippen LogP contribution in [-0.4, -0.2) is 21.9 Å². The van der Waals surface area contributed by atoms with Crippen molar-refractivity contribution in [3.8, 4) is 0 Å². The molecule has 2 nitrogen and oxygen atoms in total. The maximum absolute atomic E-state index is 11.5. The highest BCUT2D eigenvalue weighted by Crippen LogP contribution is 2.58. The SMILES string of the molecule is CC12CC=C3C=C4CC(O)CCC4CC[C@]3(O)C1CCC2. The molecule has 4 aliphatic carbocycles. The Morgan fingerprint density at radius 3 is 2.86 bits per heavy atom. The number of aliphatic hydroxyl groups is 2. The summed E-state index contributed by atoms with van der Waals surface area (Å²) in [5.74, 6) is 1.03.